The van der Waals surface area contributed by atoms with E-state index in [1.54, 1.807) is 30.3 Å². The number of para-hydroxylation sites is 1. The van der Waals surface area contributed by atoms with Crippen molar-refractivity contribution in [1.29, 1.82) is 0 Å². The van der Waals surface area contributed by atoms with E-state index in [0.717, 1.165) is 10.6 Å². The lowest BCUT2D eigenvalue weighted by molar-refractivity contribution is -0.161. The van der Waals surface area contributed by atoms with Crippen molar-refractivity contribution in [2.75, 3.05) is 17.1 Å². The molecule has 3 N–H and O–H groups in total. The third-order valence-electron chi connectivity index (χ3n) is 3.27. The topological polar surface area (TPSA) is 107 Å². The Morgan fingerprint density at radius 2 is 2.00 bits per heavy atom. The van der Waals surface area contributed by atoms with E-state index in [0.29, 0.717) is 5.69 Å². The first-order valence-corrected chi connectivity index (χ1v) is 7.87. The minimum Gasteiger partial charge on any atom is -0.478 e. The fraction of sp³-hybridized carbons (Fsp3) is 0.417. The lowest BCUT2D eigenvalue weighted by Gasteiger charge is -2.35. The van der Waals surface area contributed by atoms with Gasteiger partial charge in [-0.2, -0.15) is 0 Å². The van der Waals surface area contributed by atoms with Crippen LogP contribution >= 0.6 is 0 Å². The number of benzene rings is 1. The molecule has 0 bridgehead atoms. The van der Waals surface area contributed by atoms with Gasteiger partial charge in [0.1, 0.15) is 0 Å². The number of rotatable bonds is 4. The fourth-order valence-electron chi connectivity index (χ4n) is 2.41. The maximum Gasteiger partial charge on any atom is 0.353 e. The van der Waals surface area contributed by atoms with Gasteiger partial charge in [0.05, 0.1) is 18.0 Å². The van der Waals surface area contributed by atoms with Crippen LogP contribution in [0.25, 0.3) is 0 Å². The molecule has 7 nitrogen and oxygen atoms in total. The lowest BCUT2D eigenvalue weighted by atomic mass is 10.1. The molecular formula is C12H16N2O5S. The molecule has 0 aliphatic carbocycles. The van der Waals surface area contributed by atoms with Crippen LogP contribution in [0.1, 0.15) is 6.42 Å². The summed E-state index contributed by atoms with van der Waals surface area (Å²) in [5, 5.41) is 21.8. The molecule has 1 aromatic carbocycles. The molecule has 1 aromatic rings. The monoisotopic (exact) mass is 300 g/mol. The molecule has 2 rings (SSSR count). The molecule has 0 aromatic heterocycles. The molecule has 8 heteroatoms. The number of nitrogens with one attached hydrogen (secondary N) is 1. The van der Waals surface area contributed by atoms with Crippen LogP contribution in [0, 0.1) is 0 Å². The highest BCUT2D eigenvalue weighted by Gasteiger charge is 2.53. The van der Waals surface area contributed by atoms with Crippen molar-refractivity contribution in [1.82, 2.24) is 5.32 Å². The molecule has 20 heavy (non-hydrogen) atoms. The molecule has 1 aliphatic rings. The number of anilines is 1. The smallest absolute Gasteiger partial charge is 0.353 e. The number of sulfonamides is 1. The molecule has 0 radical (unpaired) electrons. The Hall–Kier alpha value is -1.64. The Balaban J connectivity index is 2.51. The normalized spacial score (nSPS) is 26.4. The third-order valence-corrected chi connectivity index (χ3v) is 4.45. The van der Waals surface area contributed by atoms with Crippen LogP contribution in [-0.2, 0) is 14.8 Å². The Morgan fingerprint density at radius 3 is 2.50 bits per heavy atom. The molecule has 0 amide bonds. The SMILES string of the molecule is CS(=O)(=O)N(c1ccccc1)C1CCN[C@]1(O)C(=O)O. The molecule has 1 saturated heterocycles. The minimum absolute atomic E-state index is 0.199. The van der Waals surface area contributed by atoms with E-state index in [4.69, 9.17) is 0 Å². The maximum absolute atomic E-state index is 12.0. The number of aliphatic carboxylic acids is 1. The van der Waals surface area contributed by atoms with Crippen molar-refractivity contribution in [3.63, 3.8) is 0 Å². The standard InChI is InChI=1S/C12H16N2O5S/c1-20(18,19)14(9-5-3-2-4-6-9)10-7-8-13-12(10,17)11(15)16/h2-6,10,13,17H,7-8H2,1H3,(H,15,16)/t10?,12-/m1/s1. The van der Waals surface area contributed by atoms with Crippen LogP contribution in [0.5, 0.6) is 0 Å². The number of hydrogen-bond acceptors (Lipinski definition) is 5. The van der Waals surface area contributed by atoms with Crippen LogP contribution in [0.4, 0.5) is 5.69 Å². The summed E-state index contributed by atoms with van der Waals surface area (Å²) in [6.45, 7) is 0.215. The second-order valence-corrected chi connectivity index (χ2v) is 6.56. The van der Waals surface area contributed by atoms with Gasteiger partial charge in [0.25, 0.3) is 0 Å². The molecular weight excluding hydrogens is 284 g/mol. The zero-order chi connectivity index (χ0) is 15.0. The summed E-state index contributed by atoms with van der Waals surface area (Å²) < 4.78 is 25.0. The van der Waals surface area contributed by atoms with E-state index >= 15 is 0 Å². The summed E-state index contributed by atoms with van der Waals surface area (Å²) in [7, 11) is -3.74. The second-order valence-electron chi connectivity index (χ2n) is 4.70. The van der Waals surface area contributed by atoms with Gasteiger partial charge in [0.2, 0.25) is 15.7 Å². The molecule has 2 atom stereocenters. The summed E-state index contributed by atoms with van der Waals surface area (Å²) in [6.07, 6.45) is 1.19. The van der Waals surface area contributed by atoms with Crippen LogP contribution in [0.2, 0.25) is 0 Å². The molecule has 1 unspecified atom stereocenters. The zero-order valence-corrected chi connectivity index (χ0v) is 11.7. The van der Waals surface area contributed by atoms with Gasteiger partial charge in [-0.05, 0) is 18.6 Å². The molecule has 1 heterocycles. The van der Waals surface area contributed by atoms with Crippen molar-refractivity contribution in [3.8, 4) is 0 Å². The Kier molecular flexibility index (Phi) is 3.72. The number of aliphatic hydroxyl groups is 1. The van der Waals surface area contributed by atoms with E-state index in [2.05, 4.69) is 5.32 Å². The molecule has 0 spiro atoms. The van der Waals surface area contributed by atoms with Gasteiger partial charge < -0.3 is 10.2 Å². The van der Waals surface area contributed by atoms with E-state index in [9.17, 15) is 23.4 Å². The van der Waals surface area contributed by atoms with Crippen LogP contribution in [-0.4, -0.2) is 49.2 Å². The van der Waals surface area contributed by atoms with E-state index in [1.807, 2.05) is 0 Å². The van der Waals surface area contributed by atoms with Gasteiger partial charge in [-0.25, -0.2) is 13.2 Å². The fourth-order valence-corrected chi connectivity index (χ4v) is 3.63. The van der Waals surface area contributed by atoms with Gasteiger partial charge in [0.15, 0.2) is 0 Å². The van der Waals surface area contributed by atoms with Gasteiger partial charge >= 0.3 is 5.97 Å². The zero-order valence-electron chi connectivity index (χ0n) is 10.9. The predicted octanol–water partition coefficient (Wildman–Crippen LogP) is -0.412. The number of carboxylic acid groups (broad SMARTS) is 1. The Labute approximate surface area is 116 Å². The van der Waals surface area contributed by atoms with Crippen LogP contribution in [0.3, 0.4) is 0 Å². The predicted molar refractivity (Wildman–Crippen MR) is 72.8 cm³/mol. The number of nitrogens with zero attached hydrogens (tertiary/aromatic N) is 1. The maximum atomic E-state index is 12.0. The van der Waals surface area contributed by atoms with E-state index in [-0.39, 0.29) is 13.0 Å². The summed E-state index contributed by atoms with van der Waals surface area (Å²) in [5.74, 6) is -1.50. The summed E-state index contributed by atoms with van der Waals surface area (Å²) in [6, 6.07) is 7.03. The number of hydrogen-bond donors (Lipinski definition) is 3. The summed E-state index contributed by atoms with van der Waals surface area (Å²) in [4.78, 5) is 11.3. The molecule has 110 valence electrons. The highest BCUT2D eigenvalue weighted by molar-refractivity contribution is 7.92. The quantitative estimate of drug-likeness (QED) is 0.698. The number of carboxylic acids is 1. The van der Waals surface area contributed by atoms with Crippen molar-refractivity contribution < 1.29 is 23.4 Å². The van der Waals surface area contributed by atoms with Gasteiger partial charge in [-0.3, -0.25) is 9.62 Å². The third kappa shape index (κ3) is 2.49. The van der Waals surface area contributed by atoms with Crippen LogP contribution in [0.15, 0.2) is 30.3 Å². The van der Waals surface area contributed by atoms with Crippen molar-refractivity contribution in [3.05, 3.63) is 30.3 Å². The van der Waals surface area contributed by atoms with E-state index < -0.39 is 27.8 Å². The minimum atomic E-state index is -3.74. The first-order chi connectivity index (χ1) is 9.27. The summed E-state index contributed by atoms with van der Waals surface area (Å²) in [5.41, 5.74) is -1.97. The Bertz CT molecular complexity index is 604. The van der Waals surface area contributed by atoms with Gasteiger partial charge in [-0.1, -0.05) is 18.2 Å². The first kappa shape index (κ1) is 14.8. The van der Waals surface area contributed by atoms with Crippen molar-refractivity contribution in [2.45, 2.75) is 18.2 Å². The molecule has 1 fully saturated rings. The van der Waals surface area contributed by atoms with Gasteiger partial charge in [0, 0.05) is 6.54 Å². The summed E-state index contributed by atoms with van der Waals surface area (Å²) >= 11 is 0. The van der Waals surface area contributed by atoms with E-state index in [1.165, 1.54) is 0 Å². The highest BCUT2D eigenvalue weighted by Crippen LogP contribution is 2.30. The van der Waals surface area contributed by atoms with Crippen LogP contribution < -0.4 is 9.62 Å². The first-order valence-electron chi connectivity index (χ1n) is 6.02. The van der Waals surface area contributed by atoms with Crippen molar-refractivity contribution in [2.24, 2.45) is 0 Å². The average Bonchev–Trinajstić information content (AvgIpc) is 2.73. The Morgan fingerprint density at radius 1 is 1.40 bits per heavy atom. The second kappa shape index (κ2) is 5.04. The lowest BCUT2D eigenvalue weighted by Crippen LogP contribution is -2.61. The highest BCUT2D eigenvalue weighted by atomic mass is 32.2. The van der Waals surface area contributed by atoms with Gasteiger partial charge in [-0.15, -0.1) is 0 Å². The largest absolute Gasteiger partial charge is 0.478 e. The molecule has 1 aliphatic heterocycles. The van der Waals surface area contributed by atoms with Crippen molar-refractivity contribution >= 4 is 21.7 Å². The average molecular weight is 300 g/mol. The molecule has 0 saturated carbocycles. The number of carbonyl (C=O) groups is 1.